The highest BCUT2D eigenvalue weighted by Gasteiger charge is 2.50. The third-order valence-corrected chi connectivity index (χ3v) is 2.40. The Morgan fingerprint density at radius 2 is 2.12 bits per heavy atom. The molecule has 0 amide bonds. The second-order valence-corrected chi connectivity index (χ2v) is 3.78. The molecule has 0 aromatic heterocycles. The van der Waals surface area contributed by atoms with Gasteiger partial charge in [-0.15, -0.1) is 23.2 Å². The number of alkyl halides is 2. The van der Waals surface area contributed by atoms with Gasteiger partial charge in [0, 0.05) is 0 Å². The molecule has 1 rings (SSSR count). The number of rotatable bonds is 2. The molecule has 1 aliphatic carbocycles. The van der Waals surface area contributed by atoms with Crippen LogP contribution in [-0.4, -0.2) is 10.9 Å². The van der Waals surface area contributed by atoms with Gasteiger partial charge >= 0.3 is 0 Å². The molecule has 0 aromatic rings. The van der Waals surface area contributed by atoms with E-state index >= 15 is 0 Å². The Labute approximate surface area is 59.1 Å². The largest absolute Gasteiger partial charge is 0.330 e. The summed E-state index contributed by atoms with van der Waals surface area (Å²) in [6.07, 6.45) is 1.89. The summed E-state index contributed by atoms with van der Waals surface area (Å²) in [7, 11) is 0. The Hall–Kier alpha value is 0.540. The Morgan fingerprint density at radius 1 is 1.62 bits per heavy atom. The number of hydrogen-bond donors (Lipinski definition) is 1. The van der Waals surface area contributed by atoms with Crippen LogP contribution in [0.3, 0.4) is 0 Å². The van der Waals surface area contributed by atoms with Gasteiger partial charge in [0.1, 0.15) is 4.33 Å². The highest BCUT2D eigenvalue weighted by atomic mass is 35.5. The molecule has 0 saturated heterocycles. The average molecular weight is 154 g/mol. The van der Waals surface area contributed by atoms with Crippen molar-refractivity contribution in [2.24, 2.45) is 11.7 Å². The molecule has 0 radical (unpaired) electrons. The third-order valence-electron chi connectivity index (χ3n) is 1.47. The summed E-state index contributed by atoms with van der Waals surface area (Å²) in [6, 6.07) is 0. The zero-order valence-corrected chi connectivity index (χ0v) is 6.04. The van der Waals surface area contributed by atoms with Gasteiger partial charge in [-0.05, 0) is 25.3 Å². The Balaban J connectivity index is 2.17. The van der Waals surface area contributed by atoms with Crippen LogP contribution in [0.5, 0.6) is 0 Å². The summed E-state index contributed by atoms with van der Waals surface area (Å²) in [5, 5.41) is 0. The Kier molecular flexibility index (Phi) is 1.71. The number of hydrogen-bond acceptors (Lipinski definition) is 1. The van der Waals surface area contributed by atoms with E-state index in [9.17, 15) is 0 Å². The van der Waals surface area contributed by atoms with E-state index in [1.807, 2.05) is 0 Å². The van der Waals surface area contributed by atoms with E-state index in [4.69, 9.17) is 28.9 Å². The maximum atomic E-state index is 5.70. The molecule has 0 aromatic carbocycles. The van der Waals surface area contributed by atoms with Crippen molar-refractivity contribution in [3.8, 4) is 0 Å². The maximum Gasteiger partial charge on any atom is 0.121 e. The van der Waals surface area contributed by atoms with Crippen molar-refractivity contribution < 1.29 is 0 Å². The molecule has 1 fully saturated rings. The van der Waals surface area contributed by atoms with Crippen LogP contribution in [0.2, 0.25) is 0 Å². The first-order chi connectivity index (χ1) is 3.67. The van der Waals surface area contributed by atoms with E-state index in [1.165, 1.54) is 0 Å². The molecule has 0 spiro atoms. The molecule has 1 atom stereocenters. The third kappa shape index (κ3) is 1.28. The van der Waals surface area contributed by atoms with Gasteiger partial charge in [-0.25, -0.2) is 0 Å². The van der Waals surface area contributed by atoms with Gasteiger partial charge in [-0.2, -0.15) is 0 Å². The molecule has 3 heteroatoms. The zero-order chi connectivity index (χ0) is 6.20. The summed E-state index contributed by atoms with van der Waals surface area (Å²) in [4.78, 5) is 0. The van der Waals surface area contributed by atoms with E-state index in [1.54, 1.807) is 0 Å². The normalized spacial score (nSPS) is 32.6. The van der Waals surface area contributed by atoms with Crippen molar-refractivity contribution >= 4 is 23.2 Å². The molecule has 8 heavy (non-hydrogen) atoms. The molecule has 1 saturated carbocycles. The number of halogens is 2. The van der Waals surface area contributed by atoms with E-state index in [-0.39, 0.29) is 0 Å². The van der Waals surface area contributed by atoms with Gasteiger partial charge in [-0.1, -0.05) is 0 Å². The van der Waals surface area contributed by atoms with E-state index in [0.717, 1.165) is 12.8 Å². The van der Waals surface area contributed by atoms with Crippen LogP contribution < -0.4 is 5.73 Å². The molecular formula is C5H9Cl2N. The van der Waals surface area contributed by atoms with Crippen LogP contribution >= 0.6 is 23.2 Å². The molecule has 0 heterocycles. The average Bonchev–Trinajstić information content (AvgIpc) is 2.15. The van der Waals surface area contributed by atoms with Crippen LogP contribution in [-0.2, 0) is 0 Å². The van der Waals surface area contributed by atoms with Gasteiger partial charge in [0.05, 0.1) is 0 Å². The fourth-order valence-electron chi connectivity index (χ4n) is 0.784. The van der Waals surface area contributed by atoms with Crippen LogP contribution in [0.25, 0.3) is 0 Å². The van der Waals surface area contributed by atoms with E-state index in [2.05, 4.69) is 0 Å². The molecule has 0 aliphatic heterocycles. The fraction of sp³-hybridized carbons (Fsp3) is 1.00. The summed E-state index contributed by atoms with van der Waals surface area (Å²) in [5.41, 5.74) is 5.27. The van der Waals surface area contributed by atoms with E-state index in [0.29, 0.717) is 12.5 Å². The lowest BCUT2D eigenvalue weighted by molar-refractivity contribution is 0.730. The lowest BCUT2D eigenvalue weighted by Crippen LogP contribution is -2.02. The standard InChI is InChI=1S/C5H9Cl2N/c6-5(7)3-4(5)1-2-8/h4H,1-3,8H2. The molecule has 48 valence electrons. The van der Waals surface area contributed by atoms with Gasteiger partial charge in [0.15, 0.2) is 0 Å². The van der Waals surface area contributed by atoms with Gasteiger partial charge < -0.3 is 5.73 Å². The smallest absolute Gasteiger partial charge is 0.121 e. The predicted molar refractivity (Wildman–Crippen MR) is 36.2 cm³/mol. The minimum absolute atomic E-state index is 0.417. The van der Waals surface area contributed by atoms with Gasteiger partial charge in [0.2, 0.25) is 0 Å². The molecular weight excluding hydrogens is 145 g/mol. The van der Waals surface area contributed by atoms with Crippen LogP contribution in [0.15, 0.2) is 0 Å². The van der Waals surface area contributed by atoms with Crippen molar-refractivity contribution in [1.82, 2.24) is 0 Å². The monoisotopic (exact) mass is 153 g/mol. The maximum absolute atomic E-state index is 5.70. The van der Waals surface area contributed by atoms with Crippen molar-refractivity contribution in [2.75, 3.05) is 6.54 Å². The van der Waals surface area contributed by atoms with Crippen molar-refractivity contribution in [1.29, 1.82) is 0 Å². The second kappa shape index (κ2) is 2.05. The highest BCUT2D eigenvalue weighted by molar-refractivity contribution is 6.50. The predicted octanol–water partition coefficient (Wildman–Crippen LogP) is 1.53. The quantitative estimate of drug-likeness (QED) is 0.599. The molecule has 1 unspecified atom stereocenters. The zero-order valence-electron chi connectivity index (χ0n) is 4.53. The first kappa shape index (κ1) is 6.66. The second-order valence-electron chi connectivity index (χ2n) is 2.24. The lowest BCUT2D eigenvalue weighted by atomic mass is 10.3. The molecule has 2 N–H and O–H groups in total. The SMILES string of the molecule is NCCC1CC1(Cl)Cl. The number of nitrogens with two attached hydrogens (primary N) is 1. The Morgan fingerprint density at radius 3 is 2.25 bits per heavy atom. The topological polar surface area (TPSA) is 26.0 Å². The first-order valence-corrected chi connectivity index (χ1v) is 3.50. The van der Waals surface area contributed by atoms with Gasteiger partial charge in [0.25, 0.3) is 0 Å². The highest BCUT2D eigenvalue weighted by Crippen LogP contribution is 2.54. The molecule has 0 bridgehead atoms. The summed E-state index contributed by atoms with van der Waals surface area (Å²) < 4.78 is -0.417. The summed E-state index contributed by atoms with van der Waals surface area (Å²) in [5.74, 6) is 0.468. The van der Waals surface area contributed by atoms with Crippen molar-refractivity contribution in [3.63, 3.8) is 0 Å². The molecule has 1 aliphatic rings. The minimum atomic E-state index is -0.417. The van der Waals surface area contributed by atoms with Crippen molar-refractivity contribution in [2.45, 2.75) is 17.2 Å². The molecule has 1 nitrogen and oxygen atoms in total. The van der Waals surface area contributed by atoms with Crippen LogP contribution in [0.4, 0.5) is 0 Å². The van der Waals surface area contributed by atoms with Crippen LogP contribution in [0.1, 0.15) is 12.8 Å². The Bertz CT molecular complexity index is 92.4. The van der Waals surface area contributed by atoms with Gasteiger partial charge in [-0.3, -0.25) is 0 Å². The minimum Gasteiger partial charge on any atom is -0.330 e. The lowest BCUT2D eigenvalue weighted by Gasteiger charge is -1.93. The summed E-state index contributed by atoms with van der Waals surface area (Å²) in [6.45, 7) is 0.700. The van der Waals surface area contributed by atoms with Crippen LogP contribution in [0, 0.1) is 5.92 Å². The first-order valence-electron chi connectivity index (χ1n) is 2.74. The fourth-order valence-corrected chi connectivity index (χ4v) is 1.37. The summed E-state index contributed by atoms with van der Waals surface area (Å²) >= 11 is 11.4. The van der Waals surface area contributed by atoms with Crippen molar-refractivity contribution in [3.05, 3.63) is 0 Å². The van der Waals surface area contributed by atoms with E-state index < -0.39 is 4.33 Å².